The quantitative estimate of drug-likeness (QED) is 0.426. The van der Waals surface area contributed by atoms with E-state index >= 15 is 0 Å². The van der Waals surface area contributed by atoms with Gasteiger partial charge in [0.25, 0.3) is 5.56 Å². The Morgan fingerprint density at radius 1 is 1.08 bits per heavy atom. The molecule has 3 rings (SSSR count). The van der Waals surface area contributed by atoms with Crippen LogP contribution in [0.3, 0.4) is 0 Å². The van der Waals surface area contributed by atoms with Gasteiger partial charge in [-0.15, -0.1) is 0 Å². The minimum Gasteiger partial charge on any atom is -0.493 e. The Morgan fingerprint density at radius 2 is 1.80 bits per heavy atom. The van der Waals surface area contributed by atoms with Crippen LogP contribution in [0.1, 0.15) is 5.56 Å². The van der Waals surface area contributed by atoms with Crippen LogP contribution in [0.5, 0.6) is 5.88 Å². The Labute approximate surface area is 166 Å². The zero-order valence-corrected chi connectivity index (χ0v) is 16.5. The van der Waals surface area contributed by atoms with Crippen molar-refractivity contribution in [2.24, 2.45) is 0 Å². The number of rotatable bonds is 4. The molecule has 1 N–H and O–H groups in total. The molecule has 0 unspecified atom stereocenters. The molecule has 128 valence electrons. The van der Waals surface area contributed by atoms with Crippen molar-refractivity contribution in [3.8, 4) is 11.6 Å². The minimum absolute atomic E-state index is 0.320. The summed E-state index contributed by atoms with van der Waals surface area (Å²) < 4.78 is 2.38. The van der Waals surface area contributed by atoms with E-state index < -0.39 is 5.56 Å². The molecule has 0 saturated carbocycles. The molecule has 0 radical (unpaired) electrons. The molecule has 0 fully saturated rings. The topological polar surface area (TPSA) is 55.1 Å². The maximum atomic E-state index is 12.4. The third kappa shape index (κ3) is 4.39. The van der Waals surface area contributed by atoms with Gasteiger partial charge in [0.2, 0.25) is 5.88 Å². The molecule has 3 aromatic rings. The molecule has 1 aromatic heterocycles. The van der Waals surface area contributed by atoms with Crippen LogP contribution in [0.4, 0.5) is 0 Å². The van der Waals surface area contributed by atoms with Gasteiger partial charge in [-0.05, 0) is 35.9 Å². The summed E-state index contributed by atoms with van der Waals surface area (Å²) in [6.45, 7) is 0. The number of benzene rings is 2. The number of hydrogen-bond acceptors (Lipinski definition) is 4. The fraction of sp³-hybridized carbons (Fsp3) is 0.0588. The van der Waals surface area contributed by atoms with Gasteiger partial charge in [0, 0.05) is 10.2 Å². The van der Waals surface area contributed by atoms with E-state index in [2.05, 4.69) is 20.9 Å². The summed E-state index contributed by atoms with van der Waals surface area (Å²) in [5.74, 6) is 0.268. The molecule has 8 heteroatoms. The van der Waals surface area contributed by atoms with Gasteiger partial charge in [-0.3, -0.25) is 9.36 Å². The van der Waals surface area contributed by atoms with Crippen molar-refractivity contribution in [3.05, 3.63) is 79.0 Å². The lowest BCUT2D eigenvalue weighted by Crippen LogP contribution is -2.20. The number of aromatic hydroxyl groups is 1. The average molecular weight is 458 g/mol. The van der Waals surface area contributed by atoms with Crippen LogP contribution in [-0.4, -0.2) is 14.7 Å². The lowest BCUT2D eigenvalue weighted by Gasteiger charge is -2.12. The van der Waals surface area contributed by atoms with E-state index in [0.29, 0.717) is 26.6 Å². The Bertz CT molecular complexity index is 977. The van der Waals surface area contributed by atoms with Crippen LogP contribution in [0, 0.1) is 0 Å². The van der Waals surface area contributed by atoms with E-state index in [4.69, 9.17) is 23.2 Å². The first-order valence-corrected chi connectivity index (χ1v) is 9.63. The van der Waals surface area contributed by atoms with E-state index in [1.807, 2.05) is 24.3 Å². The first-order chi connectivity index (χ1) is 11.9. The van der Waals surface area contributed by atoms with E-state index in [0.717, 1.165) is 16.1 Å². The van der Waals surface area contributed by atoms with Gasteiger partial charge in [-0.2, -0.15) is 4.98 Å². The number of thioether (sulfide) groups is 1. The van der Waals surface area contributed by atoms with Crippen molar-refractivity contribution in [2.45, 2.75) is 10.9 Å². The lowest BCUT2D eigenvalue weighted by atomic mass is 10.2. The second kappa shape index (κ2) is 7.83. The zero-order valence-electron chi connectivity index (χ0n) is 12.6. The van der Waals surface area contributed by atoms with Gasteiger partial charge >= 0.3 is 0 Å². The van der Waals surface area contributed by atoms with Crippen LogP contribution in [0.25, 0.3) is 5.69 Å². The third-order valence-electron chi connectivity index (χ3n) is 3.32. The molecule has 1 heterocycles. The maximum Gasteiger partial charge on any atom is 0.262 e. The van der Waals surface area contributed by atoms with Gasteiger partial charge in [-0.1, -0.05) is 63.0 Å². The molecule has 0 aliphatic carbocycles. The predicted octanol–water partition coefficient (Wildman–Crippen LogP) is 5.30. The first-order valence-electron chi connectivity index (χ1n) is 7.10. The van der Waals surface area contributed by atoms with Crippen molar-refractivity contribution >= 4 is 50.9 Å². The highest BCUT2D eigenvalue weighted by atomic mass is 79.9. The highest BCUT2D eigenvalue weighted by Gasteiger charge is 2.13. The molecule has 2 aromatic carbocycles. The number of halogens is 3. The fourth-order valence-corrected chi connectivity index (χ4v) is 3.66. The minimum atomic E-state index is -0.399. The van der Waals surface area contributed by atoms with Crippen molar-refractivity contribution in [1.29, 1.82) is 0 Å². The average Bonchev–Trinajstić information content (AvgIpc) is 2.57. The molecule has 0 saturated heterocycles. The number of hydrogen-bond donors (Lipinski definition) is 1. The summed E-state index contributed by atoms with van der Waals surface area (Å²) in [6.07, 6.45) is 0. The van der Waals surface area contributed by atoms with Crippen molar-refractivity contribution < 1.29 is 5.11 Å². The maximum absolute atomic E-state index is 12.4. The summed E-state index contributed by atoms with van der Waals surface area (Å²) in [7, 11) is 0. The van der Waals surface area contributed by atoms with Crippen LogP contribution < -0.4 is 5.56 Å². The SMILES string of the molecule is O=c1cc(O)nc(SCc2ccc(Br)cc2)n1-c1ccc(Cl)c(Cl)c1. The van der Waals surface area contributed by atoms with Crippen LogP contribution in [0.2, 0.25) is 10.0 Å². The number of aromatic nitrogens is 2. The zero-order chi connectivity index (χ0) is 18.0. The van der Waals surface area contributed by atoms with Crippen molar-refractivity contribution in [3.63, 3.8) is 0 Å². The van der Waals surface area contributed by atoms with Gasteiger partial charge in [0.1, 0.15) is 0 Å². The van der Waals surface area contributed by atoms with E-state index in [1.54, 1.807) is 18.2 Å². The highest BCUT2D eigenvalue weighted by Crippen LogP contribution is 2.28. The third-order valence-corrected chi connectivity index (χ3v) is 5.59. The standard InChI is InChI=1S/C17H11BrCl2N2O2S/c18-11-3-1-10(2-4-11)9-25-17-21-15(23)8-16(24)22(17)12-5-6-13(19)14(20)7-12/h1-8,23H,9H2. The van der Waals surface area contributed by atoms with Gasteiger partial charge in [-0.25, -0.2) is 0 Å². The molecule has 0 amide bonds. The highest BCUT2D eigenvalue weighted by molar-refractivity contribution is 9.10. The molecule has 0 aliphatic rings. The van der Waals surface area contributed by atoms with Crippen molar-refractivity contribution in [1.82, 2.24) is 9.55 Å². The van der Waals surface area contributed by atoms with Gasteiger partial charge < -0.3 is 5.11 Å². The summed E-state index contributed by atoms with van der Waals surface area (Å²) in [6, 6.07) is 13.8. The molecule has 0 aliphatic heterocycles. The predicted molar refractivity (Wildman–Crippen MR) is 105 cm³/mol. The second-order valence-corrected chi connectivity index (χ2v) is 7.76. The molecule has 25 heavy (non-hydrogen) atoms. The Morgan fingerprint density at radius 3 is 2.48 bits per heavy atom. The Kier molecular flexibility index (Phi) is 5.74. The number of nitrogens with zero attached hydrogens (tertiary/aromatic N) is 2. The Balaban J connectivity index is 1.99. The first kappa shape index (κ1) is 18.3. The monoisotopic (exact) mass is 456 g/mol. The largest absolute Gasteiger partial charge is 0.493 e. The smallest absolute Gasteiger partial charge is 0.262 e. The summed E-state index contributed by atoms with van der Waals surface area (Å²) >= 11 is 16.7. The molecule has 0 bridgehead atoms. The molecular weight excluding hydrogens is 447 g/mol. The second-order valence-electron chi connectivity index (χ2n) is 5.08. The molecule has 0 atom stereocenters. The van der Waals surface area contributed by atoms with E-state index in [9.17, 15) is 9.90 Å². The van der Waals surface area contributed by atoms with E-state index in [-0.39, 0.29) is 5.88 Å². The molecule has 4 nitrogen and oxygen atoms in total. The van der Waals surface area contributed by atoms with Crippen LogP contribution >= 0.6 is 50.9 Å². The van der Waals surface area contributed by atoms with Crippen LogP contribution in [0.15, 0.2) is 63.0 Å². The van der Waals surface area contributed by atoms with Crippen LogP contribution in [-0.2, 0) is 5.75 Å². The summed E-state index contributed by atoms with van der Waals surface area (Å²) in [5.41, 5.74) is 1.20. The van der Waals surface area contributed by atoms with Gasteiger partial charge in [0.05, 0.1) is 21.8 Å². The summed E-state index contributed by atoms with van der Waals surface area (Å²) in [5, 5.41) is 10.8. The fourth-order valence-electron chi connectivity index (χ4n) is 2.14. The Hall–Kier alpha value is -1.47. The van der Waals surface area contributed by atoms with E-state index in [1.165, 1.54) is 16.3 Å². The molecule has 0 spiro atoms. The normalized spacial score (nSPS) is 10.8. The molecular formula is C17H11BrCl2N2O2S. The summed E-state index contributed by atoms with van der Waals surface area (Å²) in [4.78, 5) is 16.5. The van der Waals surface area contributed by atoms with Gasteiger partial charge in [0.15, 0.2) is 5.16 Å². The lowest BCUT2D eigenvalue weighted by molar-refractivity contribution is 0.441. The van der Waals surface area contributed by atoms with Crippen molar-refractivity contribution in [2.75, 3.05) is 0 Å².